The fourth-order valence-corrected chi connectivity index (χ4v) is 2.82. The van der Waals surface area contributed by atoms with Crippen LogP contribution in [0.1, 0.15) is 33.7 Å². The Bertz CT molecular complexity index is 820. The minimum atomic E-state index is -0.220. The van der Waals surface area contributed by atoms with Crippen molar-refractivity contribution in [2.24, 2.45) is 0 Å². The van der Waals surface area contributed by atoms with Crippen LogP contribution in [0.5, 0.6) is 0 Å². The monoisotopic (exact) mass is 301 g/mol. The third-order valence-electron chi connectivity index (χ3n) is 3.16. The predicted octanol–water partition coefficient (Wildman–Crippen LogP) is 2.62. The minimum Gasteiger partial charge on any atom is -0.295 e. The molecule has 0 spiro atoms. The van der Waals surface area contributed by atoms with Gasteiger partial charge in [-0.15, -0.1) is 10.2 Å². The molecule has 3 aromatic heterocycles. The Morgan fingerprint density at radius 1 is 1.38 bits per heavy atom. The molecule has 3 rings (SSSR count). The van der Waals surface area contributed by atoms with E-state index in [1.807, 2.05) is 39.1 Å². The van der Waals surface area contributed by atoms with Gasteiger partial charge >= 0.3 is 0 Å². The van der Waals surface area contributed by atoms with E-state index in [1.165, 1.54) is 11.3 Å². The van der Waals surface area contributed by atoms with Crippen LogP contribution >= 0.6 is 11.3 Å². The zero-order valence-corrected chi connectivity index (χ0v) is 12.9. The van der Waals surface area contributed by atoms with E-state index in [2.05, 4.69) is 20.5 Å². The molecule has 108 valence electrons. The van der Waals surface area contributed by atoms with E-state index in [0.29, 0.717) is 16.5 Å². The first-order valence-corrected chi connectivity index (χ1v) is 7.49. The van der Waals surface area contributed by atoms with Crippen molar-refractivity contribution in [3.05, 3.63) is 40.3 Å². The number of carbonyl (C=O) groups excluding carboxylic acids is 1. The Kier molecular flexibility index (Phi) is 3.42. The molecule has 0 aliphatic heterocycles. The number of fused-ring (bicyclic) bond motifs is 1. The third kappa shape index (κ3) is 2.52. The largest absolute Gasteiger partial charge is 0.295 e. The first-order chi connectivity index (χ1) is 10.1. The summed E-state index contributed by atoms with van der Waals surface area (Å²) in [6.07, 6.45) is 2.67. The van der Waals surface area contributed by atoms with Crippen LogP contribution in [-0.2, 0) is 6.42 Å². The minimum absolute atomic E-state index is 0.220. The average Bonchev–Trinajstić information content (AvgIpc) is 3.01. The second-order valence-electron chi connectivity index (χ2n) is 4.79. The van der Waals surface area contributed by atoms with Crippen molar-refractivity contribution in [3.8, 4) is 0 Å². The lowest BCUT2D eigenvalue weighted by atomic mass is 10.3. The van der Waals surface area contributed by atoms with Crippen LogP contribution in [0.15, 0.2) is 18.3 Å². The highest BCUT2D eigenvalue weighted by atomic mass is 32.1. The number of aromatic nitrogens is 4. The van der Waals surface area contributed by atoms with Gasteiger partial charge in [0, 0.05) is 6.20 Å². The zero-order valence-electron chi connectivity index (χ0n) is 12.0. The topological polar surface area (TPSA) is 72.2 Å². The maximum Gasteiger partial charge on any atom is 0.276 e. The van der Waals surface area contributed by atoms with Gasteiger partial charge in [-0.05, 0) is 38.0 Å². The van der Waals surface area contributed by atoms with Crippen LogP contribution in [-0.4, -0.2) is 25.5 Å². The van der Waals surface area contributed by atoms with Gasteiger partial charge in [0.1, 0.15) is 16.3 Å². The van der Waals surface area contributed by atoms with E-state index in [4.69, 9.17) is 0 Å². The smallest absolute Gasteiger partial charge is 0.276 e. The van der Waals surface area contributed by atoms with Crippen molar-refractivity contribution in [1.82, 2.24) is 19.6 Å². The lowest BCUT2D eigenvalue weighted by Crippen LogP contribution is -2.15. The summed E-state index contributed by atoms with van der Waals surface area (Å²) in [5.74, 6) is -0.220. The number of pyridine rings is 1. The summed E-state index contributed by atoms with van der Waals surface area (Å²) >= 11 is 1.39. The van der Waals surface area contributed by atoms with E-state index >= 15 is 0 Å². The quantitative estimate of drug-likeness (QED) is 0.807. The van der Waals surface area contributed by atoms with E-state index in [1.54, 1.807) is 4.40 Å². The highest BCUT2D eigenvalue weighted by Gasteiger charge is 2.18. The summed E-state index contributed by atoms with van der Waals surface area (Å²) in [6, 6.07) is 3.90. The number of anilines is 1. The molecule has 7 heteroatoms. The number of imidazole rings is 1. The van der Waals surface area contributed by atoms with Gasteiger partial charge in [0.25, 0.3) is 5.91 Å². The average molecular weight is 301 g/mol. The first kappa shape index (κ1) is 13.7. The van der Waals surface area contributed by atoms with Crippen molar-refractivity contribution in [1.29, 1.82) is 0 Å². The molecule has 0 aliphatic carbocycles. The van der Waals surface area contributed by atoms with Crippen molar-refractivity contribution in [2.75, 3.05) is 5.32 Å². The van der Waals surface area contributed by atoms with E-state index in [-0.39, 0.29) is 5.91 Å². The maximum atomic E-state index is 12.5. The molecule has 0 saturated heterocycles. The van der Waals surface area contributed by atoms with Crippen molar-refractivity contribution >= 4 is 28.0 Å². The summed E-state index contributed by atoms with van der Waals surface area (Å²) in [7, 11) is 0. The van der Waals surface area contributed by atoms with Crippen LogP contribution in [0.2, 0.25) is 0 Å². The molecule has 1 N–H and O–H groups in total. The molecule has 0 unspecified atom stereocenters. The molecular weight excluding hydrogens is 286 g/mol. The molecule has 0 fully saturated rings. The van der Waals surface area contributed by atoms with Gasteiger partial charge in [-0.2, -0.15) is 0 Å². The number of rotatable bonds is 3. The van der Waals surface area contributed by atoms with Crippen LogP contribution in [0.4, 0.5) is 5.13 Å². The van der Waals surface area contributed by atoms with Gasteiger partial charge in [-0.3, -0.25) is 14.5 Å². The summed E-state index contributed by atoms with van der Waals surface area (Å²) < 4.78 is 1.79. The number of carbonyl (C=O) groups is 1. The Morgan fingerprint density at radius 3 is 2.90 bits per heavy atom. The molecule has 6 nitrogen and oxygen atoms in total. The Labute approximate surface area is 125 Å². The number of nitrogens with one attached hydrogen (secondary N) is 1. The van der Waals surface area contributed by atoms with Crippen LogP contribution in [0.3, 0.4) is 0 Å². The molecule has 0 saturated carbocycles. The number of aryl methyl sites for hydroxylation is 3. The number of nitrogens with zero attached hydrogens (tertiary/aromatic N) is 4. The molecule has 3 heterocycles. The van der Waals surface area contributed by atoms with Gasteiger partial charge in [0.15, 0.2) is 0 Å². The molecule has 3 aromatic rings. The fourth-order valence-electron chi connectivity index (χ4n) is 2.14. The van der Waals surface area contributed by atoms with E-state index in [0.717, 1.165) is 22.6 Å². The molecule has 0 radical (unpaired) electrons. The Balaban J connectivity index is 1.95. The number of amides is 1. The molecular formula is C14H15N5OS. The highest BCUT2D eigenvalue weighted by molar-refractivity contribution is 7.15. The number of hydrogen-bond acceptors (Lipinski definition) is 5. The summed E-state index contributed by atoms with van der Waals surface area (Å²) in [5.41, 5.74) is 3.09. The zero-order chi connectivity index (χ0) is 15.0. The molecule has 0 atom stereocenters. The summed E-state index contributed by atoms with van der Waals surface area (Å²) in [6.45, 7) is 5.83. The van der Waals surface area contributed by atoms with Gasteiger partial charge < -0.3 is 0 Å². The lowest BCUT2D eigenvalue weighted by molar-refractivity contribution is 0.102. The van der Waals surface area contributed by atoms with Crippen molar-refractivity contribution < 1.29 is 4.79 Å². The molecule has 21 heavy (non-hydrogen) atoms. The van der Waals surface area contributed by atoms with Crippen molar-refractivity contribution in [2.45, 2.75) is 27.2 Å². The van der Waals surface area contributed by atoms with Crippen LogP contribution in [0.25, 0.3) is 5.65 Å². The first-order valence-electron chi connectivity index (χ1n) is 6.67. The second-order valence-corrected chi connectivity index (χ2v) is 5.85. The second kappa shape index (κ2) is 5.25. The van der Waals surface area contributed by atoms with Crippen molar-refractivity contribution in [3.63, 3.8) is 0 Å². The van der Waals surface area contributed by atoms with Crippen LogP contribution < -0.4 is 5.32 Å². The highest BCUT2D eigenvalue weighted by Crippen LogP contribution is 2.19. The number of hydrogen-bond donors (Lipinski definition) is 1. The third-order valence-corrected chi connectivity index (χ3v) is 4.14. The molecule has 1 amide bonds. The lowest BCUT2D eigenvalue weighted by Gasteiger charge is -2.03. The molecule has 0 bridgehead atoms. The van der Waals surface area contributed by atoms with Crippen LogP contribution in [0, 0.1) is 13.8 Å². The van der Waals surface area contributed by atoms with Gasteiger partial charge in [-0.1, -0.05) is 18.3 Å². The summed E-state index contributed by atoms with van der Waals surface area (Å²) in [5, 5.41) is 12.2. The normalized spacial score (nSPS) is 11.0. The maximum absolute atomic E-state index is 12.5. The van der Waals surface area contributed by atoms with E-state index < -0.39 is 0 Å². The SMILES string of the molecule is CCc1nnc(NC(=O)c2c(C)nc3cc(C)ccn23)s1. The fraction of sp³-hybridized carbons (Fsp3) is 0.286. The predicted molar refractivity (Wildman–Crippen MR) is 81.9 cm³/mol. The summed E-state index contributed by atoms with van der Waals surface area (Å²) in [4.78, 5) is 16.9. The van der Waals surface area contributed by atoms with Gasteiger partial charge in [-0.25, -0.2) is 4.98 Å². The van der Waals surface area contributed by atoms with Gasteiger partial charge in [0.05, 0.1) is 5.69 Å². The Hall–Kier alpha value is -2.28. The van der Waals surface area contributed by atoms with E-state index in [9.17, 15) is 4.79 Å². The van der Waals surface area contributed by atoms with Gasteiger partial charge in [0.2, 0.25) is 5.13 Å². The Morgan fingerprint density at radius 2 is 2.19 bits per heavy atom. The molecule has 0 aromatic carbocycles. The molecule has 0 aliphatic rings. The standard InChI is InChI=1S/C14H15N5OS/c1-4-11-17-18-14(21-11)16-13(20)12-9(3)15-10-7-8(2)5-6-19(10)12/h5-7H,4H2,1-3H3,(H,16,18,20).